The van der Waals surface area contributed by atoms with Gasteiger partial charge in [0.05, 0.1) is 12.5 Å². The molecular formula is C11H20N2O4. The molecule has 1 unspecified atom stereocenters. The summed E-state index contributed by atoms with van der Waals surface area (Å²) in [4.78, 5) is 26.3. The summed E-state index contributed by atoms with van der Waals surface area (Å²) in [5.41, 5.74) is 0. The highest BCUT2D eigenvalue weighted by Gasteiger charge is 2.30. The number of carboxylic acids is 1. The Kier molecular flexibility index (Phi) is 5.37. The van der Waals surface area contributed by atoms with Crippen LogP contribution < -0.4 is 0 Å². The van der Waals surface area contributed by atoms with Gasteiger partial charge in [-0.1, -0.05) is 0 Å². The minimum Gasteiger partial charge on any atom is -0.480 e. The first-order chi connectivity index (χ1) is 8.04. The number of carbonyl (C=O) groups is 2. The number of ether oxygens (including phenoxy) is 1. The Morgan fingerprint density at radius 3 is 2.71 bits per heavy atom. The topological polar surface area (TPSA) is 70.1 Å². The molecule has 0 bridgehead atoms. The second-order valence-electron chi connectivity index (χ2n) is 4.39. The van der Waals surface area contributed by atoms with Gasteiger partial charge in [0, 0.05) is 20.2 Å². The fourth-order valence-electron chi connectivity index (χ4n) is 2.03. The van der Waals surface area contributed by atoms with Gasteiger partial charge in [0.2, 0.25) is 5.91 Å². The lowest BCUT2D eigenvalue weighted by molar-refractivity contribution is -0.146. The Morgan fingerprint density at radius 1 is 1.53 bits per heavy atom. The second kappa shape index (κ2) is 6.56. The Labute approximate surface area is 101 Å². The molecule has 1 amide bonds. The van der Waals surface area contributed by atoms with E-state index in [2.05, 4.69) is 4.90 Å². The largest absolute Gasteiger partial charge is 0.480 e. The fraction of sp³-hybridized carbons (Fsp3) is 0.818. The number of carboxylic acid groups (broad SMARTS) is 1. The molecule has 1 aliphatic rings. The van der Waals surface area contributed by atoms with E-state index in [-0.39, 0.29) is 18.4 Å². The van der Waals surface area contributed by atoms with E-state index in [4.69, 9.17) is 9.84 Å². The number of rotatable bonds is 6. The molecule has 6 nitrogen and oxygen atoms in total. The number of aliphatic carboxylic acids is 1. The Bertz CT molecular complexity index is 283. The first-order valence-electron chi connectivity index (χ1n) is 5.72. The molecular weight excluding hydrogens is 224 g/mol. The summed E-state index contributed by atoms with van der Waals surface area (Å²) < 4.78 is 4.89. The summed E-state index contributed by atoms with van der Waals surface area (Å²) in [7, 11) is 3.50. The van der Waals surface area contributed by atoms with Gasteiger partial charge in [-0.15, -0.1) is 0 Å². The van der Waals surface area contributed by atoms with Gasteiger partial charge in [-0.2, -0.15) is 0 Å². The molecule has 0 aliphatic carbocycles. The predicted molar refractivity (Wildman–Crippen MR) is 61.7 cm³/mol. The summed E-state index contributed by atoms with van der Waals surface area (Å²) in [6.07, 6.45) is 0.804. The normalized spacial score (nSPS) is 20.5. The number of methoxy groups -OCH3 is 1. The molecule has 1 N–H and O–H groups in total. The average molecular weight is 244 g/mol. The first-order valence-corrected chi connectivity index (χ1v) is 5.72. The Morgan fingerprint density at radius 2 is 2.24 bits per heavy atom. The van der Waals surface area contributed by atoms with Crippen molar-refractivity contribution in [2.75, 3.05) is 46.9 Å². The average Bonchev–Trinajstić information content (AvgIpc) is 2.69. The first kappa shape index (κ1) is 13.9. The van der Waals surface area contributed by atoms with Crippen LogP contribution in [-0.4, -0.2) is 73.7 Å². The zero-order valence-corrected chi connectivity index (χ0v) is 10.4. The molecule has 1 rings (SSSR count). The van der Waals surface area contributed by atoms with Crippen LogP contribution in [0.1, 0.15) is 6.42 Å². The van der Waals surface area contributed by atoms with Crippen molar-refractivity contribution in [2.24, 2.45) is 5.92 Å². The van der Waals surface area contributed by atoms with Gasteiger partial charge in [-0.05, 0) is 20.0 Å². The Hall–Kier alpha value is -1.14. The van der Waals surface area contributed by atoms with Gasteiger partial charge in [0.25, 0.3) is 0 Å². The zero-order chi connectivity index (χ0) is 12.8. The van der Waals surface area contributed by atoms with Crippen molar-refractivity contribution in [2.45, 2.75) is 6.42 Å². The van der Waals surface area contributed by atoms with E-state index in [0.29, 0.717) is 19.7 Å². The van der Waals surface area contributed by atoms with Crippen LogP contribution in [0.25, 0.3) is 0 Å². The second-order valence-corrected chi connectivity index (χ2v) is 4.39. The smallest absolute Gasteiger partial charge is 0.323 e. The van der Waals surface area contributed by atoms with Crippen LogP contribution in [0.3, 0.4) is 0 Å². The van der Waals surface area contributed by atoms with E-state index in [9.17, 15) is 9.59 Å². The van der Waals surface area contributed by atoms with E-state index < -0.39 is 5.97 Å². The molecule has 1 heterocycles. The molecule has 1 saturated heterocycles. The van der Waals surface area contributed by atoms with Crippen molar-refractivity contribution in [1.29, 1.82) is 0 Å². The molecule has 0 aromatic rings. The van der Waals surface area contributed by atoms with Crippen molar-refractivity contribution in [3.63, 3.8) is 0 Å². The summed E-state index contributed by atoms with van der Waals surface area (Å²) >= 11 is 0. The number of likely N-dealkylation sites (tertiary alicyclic amines) is 1. The van der Waals surface area contributed by atoms with Crippen molar-refractivity contribution in [1.82, 2.24) is 9.80 Å². The molecule has 0 aromatic heterocycles. The van der Waals surface area contributed by atoms with Crippen LogP contribution in [-0.2, 0) is 14.3 Å². The van der Waals surface area contributed by atoms with E-state index in [0.717, 1.165) is 13.0 Å². The number of hydrogen-bond donors (Lipinski definition) is 1. The minimum atomic E-state index is -0.985. The molecule has 6 heteroatoms. The highest BCUT2D eigenvalue weighted by molar-refractivity contribution is 5.83. The summed E-state index contributed by atoms with van der Waals surface area (Å²) in [6.45, 7) is 2.05. The third-order valence-electron chi connectivity index (χ3n) is 2.94. The van der Waals surface area contributed by atoms with Gasteiger partial charge in [0.15, 0.2) is 0 Å². The minimum absolute atomic E-state index is 0.0730. The Balaban J connectivity index is 2.55. The van der Waals surface area contributed by atoms with Gasteiger partial charge in [-0.25, -0.2) is 0 Å². The third kappa shape index (κ3) is 4.32. The highest BCUT2D eigenvalue weighted by Crippen LogP contribution is 2.17. The number of nitrogens with zero attached hydrogens (tertiary/aromatic N) is 2. The predicted octanol–water partition coefficient (Wildman–Crippen LogP) is -0.502. The molecule has 0 aromatic carbocycles. The van der Waals surface area contributed by atoms with Crippen LogP contribution in [0.15, 0.2) is 0 Å². The molecule has 17 heavy (non-hydrogen) atoms. The number of carbonyl (C=O) groups excluding carboxylic acids is 1. The van der Waals surface area contributed by atoms with Crippen LogP contribution in [0.5, 0.6) is 0 Å². The van der Waals surface area contributed by atoms with Crippen molar-refractivity contribution >= 4 is 11.9 Å². The SMILES string of the molecule is COCCN(CC(=O)O)C(=O)C1CCN(C)C1. The lowest BCUT2D eigenvalue weighted by atomic mass is 10.1. The van der Waals surface area contributed by atoms with Crippen LogP contribution in [0.2, 0.25) is 0 Å². The molecule has 1 aliphatic heterocycles. The maximum Gasteiger partial charge on any atom is 0.323 e. The molecule has 1 atom stereocenters. The molecule has 98 valence electrons. The maximum atomic E-state index is 12.1. The van der Waals surface area contributed by atoms with Crippen LogP contribution in [0.4, 0.5) is 0 Å². The quantitative estimate of drug-likeness (QED) is 0.682. The van der Waals surface area contributed by atoms with Gasteiger partial charge in [0.1, 0.15) is 6.54 Å². The van der Waals surface area contributed by atoms with E-state index in [1.165, 1.54) is 12.0 Å². The van der Waals surface area contributed by atoms with Crippen LogP contribution in [0, 0.1) is 5.92 Å². The van der Waals surface area contributed by atoms with Crippen molar-refractivity contribution in [3.8, 4) is 0 Å². The third-order valence-corrected chi connectivity index (χ3v) is 2.94. The summed E-state index contributed by atoms with van der Waals surface area (Å²) in [5.74, 6) is -1.13. The monoisotopic (exact) mass is 244 g/mol. The van der Waals surface area contributed by atoms with E-state index in [1.54, 1.807) is 0 Å². The highest BCUT2D eigenvalue weighted by atomic mass is 16.5. The van der Waals surface area contributed by atoms with E-state index in [1.807, 2.05) is 7.05 Å². The van der Waals surface area contributed by atoms with Gasteiger partial charge >= 0.3 is 5.97 Å². The fourth-order valence-corrected chi connectivity index (χ4v) is 2.03. The molecule has 0 saturated carbocycles. The lowest BCUT2D eigenvalue weighted by Crippen LogP contribution is -2.42. The maximum absolute atomic E-state index is 12.1. The summed E-state index contributed by atoms with van der Waals surface area (Å²) in [5, 5.41) is 8.78. The zero-order valence-electron chi connectivity index (χ0n) is 10.4. The van der Waals surface area contributed by atoms with Crippen LogP contribution >= 0.6 is 0 Å². The summed E-state index contributed by atoms with van der Waals surface area (Å²) in [6, 6.07) is 0. The number of amides is 1. The van der Waals surface area contributed by atoms with E-state index >= 15 is 0 Å². The standard InChI is InChI=1S/C11H20N2O4/c1-12-4-3-9(7-12)11(16)13(5-6-17-2)8-10(14)15/h9H,3-8H2,1-2H3,(H,14,15). The number of hydrogen-bond acceptors (Lipinski definition) is 4. The van der Waals surface area contributed by atoms with Crippen molar-refractivity contribution < 1.29 is 19.4 Å². The van der Waals surface area contributed by atoms with Crippen molar-refractivity contribution in [3.05, 3.63) is 0 Å². The van der Waals surface area contributed by atoms with Gasteiger partial charge in [-0.3, -0.25) is 9.59 Å². The molecule has 0 spiro atoms. The molecule has 1 fully saturated rings. The molecule has 0 radical (unpaired) electrons. The van der Waals surface area contributed by atoms with Gasteiger partial charge < -0.3 is 19.6 Å². The lowest BCUT2D eigenvalue weighted by Gasteiger charge is -2.23.